The third kappa shape index (κ3) is 6.50. The maximum absolute atomic E-state index is 11.1. The number of benzene rings is 2. The molecule has 0 aliphatic carbocycles. The zero-order valence-corrected chi connectivity index (χ0v) is 20.1. The summed E-state index contributed by atoms with van der Waals surface area (Å²) in [6.07, 6.45) is 5.41. The van der Waals surface area contributed by atoms with Crippen molar-refractivity contribution in [2.45, 2.75) is 45.4 Å². The lowest BCUT2D eigenvalue weighted by atomic mass is 9.93. The molecule has 1 aliphatic rings. The minimum Gasteiger partial charge on any atom is -0.492 e. The molecule has 4 rings (SSSR count). The lowest BCUT2D eigenvalue weighted by molar-refractivity contribution is -0.0620. The number of aromatic nitrogens is 2. The summed E-state index contributed by atoms with van der Waals surface area (Å²) in [6.45, 7) is 7.89. The van der Waals surface area contributed by atoms with Crippen LogP contribution in [0.1, 0.15) is 29.8 Å². The number of β-amino-alcohol motifs (C(OH)–C–C–N with tert-alkyl or cyclic N) is 1. The fourth-order valence-electron chi connectivity index (χ4n) is 4.24. The molecule has 1 N–H and O–H groups in total. The quantitative estimate of drug-likeness (QED) is 0.494. The molecule has 7 heteroatoms. The van der Waals surface area contributed by atoms with Crippen molar-refractivity contribution in [1.82, 2.24) is 14.5 Å². The summed E-state index contributed by atoms with van der Waals surface area (Å²) in [4.78, 5) is 6.51. The van der Waals surface area contributed by atoms with E-state index in [2.05, 4.69) is 26.6 Å². The Morgan fingerprint density at radius 2 is 1.94 bits per heavy atom. The van der Waals surface area contributed by atoms with Crippen LogP contribution >= 0.6 is 11.6 Å². The van der Waals surface area contributed by atoms with Gasteiger partial charge in [0.1, 0.15) is 36.1 Å². The van der Waals surface area contributed by atoms with Crippen LogP contribution in [0.5, 0.6) is 11.5 Å². The van der Waals surface area contributed by atoms with Gasteiger partial charge in [0.25, 0.3) is 0 Å². The van der Waals surface area contributed by atoms with E-state index in [1.165, 1.54) is 5.56 Å². The molecule has 2 heterocycles. The molecule has 0 unspecified atom stereocenters. The number of nitrogens with zero attached hydrogens (tertiary/aromatic N) is 3. The number of hydrogen-bond acceptors (Lipinski definition) is 5. The van der Waals surface area contributed by atoms with Gasteiger partial charge >= 0.3 is 0 Å². The van der Waals surface area contributed by atoms with Crippen molar-refractivity contribution in [3.05, 3.63) is 76.8 Å². The van der Waals surface area contributed by atoms with Gasteiger partial charge in [-0.25, -0.2) is 4.98 Å². The molecule has 176 valence electrons. The summed E-state index contributed by atoms with van der Waals surface area (Å²) in [5.74, 6) is 2.47. The number of piperidine rings is 1. The molecule has 0 saturated carbocycles. The van der Waals surface area contributed by atoms with Crippen molar-refractivity contribution in [2.75, 3.05) is 26.3 Å². The largest absolute Gasteiger partial charge is 0.492 e. The van der Waals surface area contributed by atoms with Crippen molar-refractivity contribution < 1.29 is 14.6 Å². The summed E-state index contributed by atoms with van der Waals surface area (Å²) >= 11 is 6.24. The van der Waals surface area contributed by atoms with E-state index in [1.807, 2.05) is 50.4 Å². The molecule has 1 aliphatic heterocycles. The second-order valence-electron chi connectivity index (χ2n) is 8.92. The zero-order chi connectivity index (χ0) is 23.3. The van der Waals surface area contributed by atoms with E-state index in [0.717, 1.165) is 49.6 Å². The van der Waals surface area contributed by atoms with Gasteiger partial charge in [-0.05, 0) is 68.6 Å². The SMILES string of the molecule is Cc1ccc(Cl)c(OC[C@@]2(O)CCCN(Cc3ccc(OCCn4ccnc4C)cc3)C2)c1. The van der Waals surface area contributed by atoms with E-state index in [0.29, 0.717) is 23.9 Å². The zero-order valence-electron chi connectivity index (χ0n) is 19.3. The van der Waals surface area contributed by atoms with Crippen LogP contribution in [0.3, 0.4) is 0 Å². The summed E-state index contributed by atoms with van der Waals surface area (Å²) in [7, 11) is 0. The Bertz CT molecular complexity index is 1050. The van der Waals surface area contributed by atoms with Crippen LogP contribution < -0.4 is 9.47 Å². The third-order valence-electron chi connectivity index (χ3n) is 6.07. The molecule has 1 saturated heterocycles. The Morgan fingerprint density at radius 1 is 1.12 bits per heavy atom. The summed E-state index contributed by atoms with van der Waals surface area (Å²) in [5, 5.41) is 11.7. The Kier molecular flexibility index (Phi) is 7.58. The Hall–Kier alpha value is -2.54. The molecule has 0 amide bonds. The number of likely N-dealkylation sites (tertiary alicyclic amines) is 1. The molecular formula is C26H32ClN3O3. The highest BCUT2D eigenvalue weighted by Gasteiger charge is 2.34. The van der Waals surface area contributed by atoms with E-state index in [4.69, 9.17) is 21.1 Å². The van der Waals surface area contributed by atoms with Crippen LogP contribution in [-0.2, 0) is 13.1 Å². The normalized spacial score (nSPS) is 18.9. The fraction of sp³-hybridized carbons (Fsp3) is 0.423. The average molecular weight is 470 g/mol. The number of rotatable bonds is 9. The summed E-state index contributed by atoms with van der Waals surface area (Å²) < 4.78 is 13.9. The molecule has 0 spiro atoms. The lowest BCUT2D eigenvalue weighted by Gasteiger charge is -2.39. The molecule has 1 aromatic heterocycles. The van der Waals surface area contributed by atoms with E-state index in [1.54, 1.807) is 6.20 Å². The van der Waals surface area contributed by atoms with Crippen molar-refractivity contribution in [2.24, 2.45) is 0 Å². The van der Waals surface area contributed by atoms with Crippen molar-refractivity contribution >= 4 is 11.6 Å². The molecule has 1 fully saturated rings. The maximum Gasteiger partial charge on any atom is 0.138 e. The highest BCUT2D eigenvalue weighted by atomic mass is 35.5. The van der Waals surface area contributed by atoms with Gasteiger partial charge in [0.2, 0.25) is 0 Å². The van der Waals surface area contributed by atoms with Gasteiger partial charge in [0, 0.05) is 25.5 Å². The third-order valence-corrected chi connectivity index (χ3v) is 6.38. The van der Waals surface area contributed by atoms with Gasteiger partial charge in [0.05, 0.1) is 11.6 Å². The molecule has 0 radical (unpaired) electrons. The van der Waals surface area contributed by atoms with Crippen LogP contribution in [0.15, 0.2) is 54.9 Å². The first kappa shape index (κ1) is 23.6. The van der Waals surface area contributed by atoms with Gasteiger partial charge in [0.15, 0.2) is 0 Å². The van der Waals surface area contributed by atoms with Crippen LogP contribution in [0.4, 0.5) is 0 Å². The molecule has 33 heavy (non-hydrogen) atoms. The van der Waals surface area contributed by atoms with Crippen LogP contribution in [0.25, 0.3) is 0 Å². The number of halogens is 1. The van der Waals surface area contributed by atoms with Gasteiger partial charge < -0.3 is 19.1 Å². The van der Waals surface area contributed by atoms with Gasteiger partial charge in [-0.3, -0.25) is 4.90 Å². The second kappa shape index (κ2) is 10.6. The van der Waals surface area contributed by atoms with Gasteiger partial charge in [-0.1, -0.05) is 29.8 Å². The molecule has 3 aromatic rings. The van der Waals surface area contributed by atoms with Crippen molar-refractivity contribution in [3.63, 3.8) is 0 Å². The monoisotopic (exact) mass is 469 g/mol. The molecular weight excluding hydrogens is 438 g/mol. The topological polar surface area (TPSA) is 59.8 Å². The second-order valence-corrected chi connectivity index (χ2v) is 9.33. The molecule has 0 bridgehead atoms. The predicted molar refractivity (Wildman–Crippen MR) is 130 cm³/mol. The summed E-state index contributed by atoms with van der Waals surface area (Å²) in [5.41, 5.74) is 1.38. The standard InChI is InChI=1S/C26H32ClN3O3/c1-20-4-9-24(27)25(16-20)33-19-26(31)10-3-12-29(18-26)17-22-5-7-23(8-6-22)32-15-14-30-13-11-28-21(30)2/h4-9,11,13,16,31H,3,10,12,14-15,17-19H2,1-2H3/t26-/m1/s1. The smallest absolute Gasteiger partial charge is 0.138 e. The van der Waals surface area contributed by atoms with Crippen LogP contribution in [0.2, 0.25) is 5.02 Å². The first-order valence-electron chi connectivity index (χ1n) is 11.4. The minimum atomic E-state index is -0.889. The van der Waals surface area contributed by atoms with Gasteiger partial charge in [-0.2, -0.15) is 0 Å². The van der Waals surface area contributed by atoms with Crippen molar-refractivity contribution in [1.29, 1.82) is 0 Å². The number of aryl methyl sites for hydroxylation is 2. The molecule has 1 atom stereocenters. The minimum absolute atomic E-state index is 0.232. The Balaban J connectivity index is 1.27. The lowest BCUT2D eigenvalue weighted by Crippen LogP contribution is -2.51. The van der Waals surface area contributed by atoms with Gasteiger partial charge in [-0.15, -0.1) is 0 Å². The first-order valence-corrected chi connectivity index (χ1v) is 11.8. The number of hydrogen-bond donors (Lipinski definition) is 1. The Morgan fingerprint density at radius 3 is 2.70 bits per heavy atom. The number of imidazole rings is 1. The van der Waals surface area contributed by atoms with Crippen molar-refractivity contribution in [3.8, 4) is 11.5 Å². The predicted octanol–water partition coefficient (Wildman–Crippen LogP) is 4.64. The van der Waals surface area contributed by atoms with Crippen LogP contribution in [-0.4, -0.2) is 51.5 Å². The van der Waals surface area contributed by atoms with E-state index in [9.17, 15) is 5.11 Å². The highest BCUT2D eigenvalue weighted by molar-refractivity contribution is 6.32. The van der Waals surface area contributed by atoms with Crippen LogP contribution in [0, 0.1) is 13.8 Å². The number of aliphatic hydroxyl groups is 1. The van der Waals surface area contributed by atoms with E-state index in [-0.39, 0.29) is 6.61 Å². The maximum atomic E-state index is 11.1. The summed E-state index contributed by atoms with van der Waals surface area (Å²) in [6, 6.07) is 13.9. The van der Waals surface area contributed by atoms with E-state index >= 15 is 0 Å². The molecule has 2 aromatic carbocycles. The Labute approximate surface area is 200 Å². The van der Waals surface area contributed by atoms with E-state index < -0.39 is 5.60 Å². The number of ether oxygens (including phenoxy) is 2. The average Bonchev–Trinajstić information content (AvgIpc) is 3.20. The molecule has 6 nitrogen and oxygen atoms in total. The highest BCUT2D eigenvalue weighted by Crippen LogP contribution is 2.29. The fourth-order valence-corrected chi connectivity index (χ4v) is 4.42. The first-order chi connectivity index (χ1) is 15.9.